The van der Waals surface area contributed by atoms with Crippen molar-refractivity contribution < 1.29 is 14.3 Å². The van der Waals surface area contributed by atoms with Crippen LogP contribution in [0.2, 0.25) is 0 Å². The lowest BCUT2D eigenvalue weighted by Crippen LogP contribution is -2.42. The lowest BCUT2D eigenvalue weighted by Gasteiger charge is -2.38. The second kappa shape index (κ2) is 7.82. The fourth-order valence-corrected chi connectivity index (χ4v) is 3.53. The van der Waals surface area contributed by atoms with Gasteiger partial charge in [0.05, 0.1) is 7.11 Å². The Bertz CT molecular complexity index is 828. The van der Waals surface area contributed by atoms with Crippen molar-refractivity contribution in [3.05, 3.63) is 54.1 Å². The minimum absolute atomic E-state index is 0.0572. The monoisotopic (exact) mass is 366 g/mol. The SMILES string of the molecule is COc1ccc(NC(=O)CCCN2C(=O)CC(C)(C)c3ccccc32)cc1. The molecule has 0 bridgehead atoms. The zero-order valence-electron chi connectivity index (χ0n) is 16.1. The van der Waals surface area contributed by atoms with Crippen molar-refractivity contribution >= 4 is 23.2 Å². The molecule has 3 rings (SSSR count). The van der Waals surface area contributed by atoms with Crippen LogP contribution in [0.1, 0.15) is 38.7 Å². The number of para-hydroxylation sites is 1. The van der Waals surface area contributed by atoms with E-state index in [1.54, 1.807) is 19.2 Å². The summed E-state index contributed by atoms with van der Waals surface area (Å²) in [5.41, 5.74) is 2.74. The first-order chi connectivity index (χ1) is 12.9. The highest BCUT2D eigenvalue weighted by Gasteiger charge is 2.35. The Morgan fingerprint density at radius 1 is 1.15 bits per heavy atom. The van der Waals surface area contributed by atoms with Crippen molar-refractivity contribution in [3.8, 4) is 5.75 Å². The number of carbonyl (C=O) groups excluding carboxylic acids is 2. The molecule has 0 radical (unpaired) electrons. The minimum atomic E-state index is -0.157. The van der Waals surface area contributed by atoms with E-state index >= 15 is 0 Å². The molecule has 0 fully saturated rings. The smallest absolute Gasteiger partial charge is 0.227 e. The summed E-state index contributed by atoms with van der Waals surface area (Å²) in [7, 11) is 1.61. The molecule has 0 spiro atoms. The molecule has 1 N–H and O–H groups in total. The largest absolute Gasteiger partial charge is 0.497 e. The normalized spacial score (nSPS) is 15.2. The van der Waals surface area contributed by atoms with Crippen molar-refractivity contribution in [1.29, 1.82) is 0 Å². The fraction of sp³-hybridized carbons (Fsp3) is 0.364. The molecule has 0 aromatic heterocycles. The molecule has 142 valence electrons. The van der Waals surface area contributed by atoms with E-state index in [4.69, 9.17) is 4.74 Å². The Balaban J connectivity index is 1.58. The molecule has 0 saturated carbocycles. The highest BCUT2D eigenvalue weighted by molar-refractivity contribution is 5.98. The molecular formula is C22H26N2O3. The van der Waals surface area contributed by atoms with Crippen molar-refractivity contribution in [3.63, 3.8) is 0 Å². The van der Waals surface area contributed by atoms with E-state index in [0.717, 1.165) is 17.1 Å². The second-order valence-electron chi connectivity index (χ2n) is 7.50. The van der Waals surface area contributed by atoms with Crippen LogP contribution in [-0.2, 0) is 15.0 Å². The van der Waals surface area contributed by atoms with E-state index in [0.29, 0.717) is 25.8 Å². The van der Waals surface area contributed by atoms with E-state index in [2.05, 4.69) is 25.2 Å². The molecule has 1 aliphatic rings. The third-order valence-corrected chi connectivity index (χ3v) is 4.98. The molecule has 1 heterocycles. The van der Waals surface area contributed by atoms with Gasteiger partial charge in [0.2, 0.25) is 11.8 Å². The molecule has 2 amide bonds. The van der Waals surface area contributed by atoms with Crippen LogP contribution in [0.25, 0.3) is 0 Å². The summed E-state index contributed by atoms with van der Waals surface area (Å²) in [5, 5.41) is 2.88. The predicted octanol–water partition coefficient (Wildman–Crippen LogP) is 4.13. The van der Waals surface area contributed by atoms with Gasteiger partial charge in [-0.15, -0.1) is 0 Å². The molecule has 2 aromatic rings. The first-order valence-corrected chi connectivity index (χ1v) is 9.24. The standard InChI is InChI=1S/C22H26N2O3/c1-22(2)15-21(26)24(19-8-5-4-7-18(19)22)14-6-9-20(25)23-16-10-12-17(27-3)13-11-16/h4-5,7-8,10-13H,6,9,14-15H2,1-3H3,(H,23,25). The maximum absolute atomic E-state index is 12.6. The van der Waals surface area contributed by atoms with Gasteiger partial charge in [0.25, 0.3) is 0 Å². The van der Waals surface area contributed by atoms with Gasteiger partial charge < -0.3 is 15.0 Å². The van der Waals surface area contributed by atoms with Crippen LogP contribution in [0.5, 0.6) is 5.75 Å². The number of hydrogen-bond acceptors (Lipinski definition) is 3. The van der Waals surface area contributed by atoms with E-state index in [1.807, 2.05) is 35.2 Å². The topological polar surface area (TPSA) is 58.6 Å². The number of ether oxygens (including phenoxy) is 1. The quantitative estimate of drug-likeness (QED) is 0.836. The highest BCUT2D eigenvalue weighted by atomic mass is 16.5. The maximum atomic E-state index is 12.6. The third-order valence-electron chi connectivity index (χ3n) is 4.98. The number of benzene rings is 2. The van der Waals surface area contributed by atoms with Gasteiger partial charge in [-0.2, -0.15) is 0 Å². The van der Waals surface area contributed by atoms with Crippen LogP contribution in [0.4, 0.5) is 11.4 Å². The summed E-state index contributed by atoms with van der Waals surface area (Å²) < 4.78 is 5.11. The van der Waals surface area contributed by atoms with Gasteiger partial charge in [-0.3, -0.25) is 9.59 Å². The summed E-state index contributed by atoms with van der Waals surface area (Å²) in [5.74, 6) is 0.811. The molecule has 0 atom stereocenters. The molecule has 0 saturated heterocycles. The zero-order valence-corrected chi connectivity index (χ0v) is 16.1. The number of fused-ring (bicyclic) bond motifs is 1. The number of carbonyl (C=O) groups is 2. The maximum Gasteiger partial charge on any atom is 0.227 e. The third kappa shape index (κ3) is 4.30. The molecule has 5 heteroatoms. The van der Waals surface area contributed by atoms with Crippen LogP contribution >= 0.6 is 0 Å². The summed E-state index contributed by atoms with van der Waals surface area (Å²) in [6.07, 6.45) is 1.46. The Morgan fingerprint density at radius 2 is 1.85 bits per heavy atom. The lowest BCUT2D eigenvalue weighted by molar-refractivity contribution is -0.120. The van der Waals surface area contributed by atoms with Crippen molar-refractivity contribution in [2.24, 2.45) is 0 Å². The van der Waals surface area contributed by atoms with E-state index in [1.165, 1.54) is 5.56 Å². The van der Waals surface area contributed by atoms with E-state index in [9.17, 15) is 9.59 Å². The number of rotatable bonds is 6. The molecular weight excluding hydrogens is 340 g/mol. The van der Waals surface area contributed by atoms with Gasteiger partial charge in [-0.05, 0) is 42.3 Å². The number of nitrogens with zero attached hydrogens (tertiary/aromatic N) is 1. The van der Waals surface area contributed by atoms with E-state index < -0.39 is 0 Å². The molecule has 27 heavy (non-hydrogen) atoms. The van der Waals surface area contributed by atoms with Gasteiger partial charge in [-0.25, -0.2) is 0 Å². The highest BCUT2D eigenvalue weighted by Crippen LogP contribution is 2.40. The van der Waals surface area contributed by atoms with Crippen LogP contribution < -0.4 is 15.0 Å². The number of nitrogens with one attached hydrogen (secondary N) is 1. The Hall–Kier alpha value is -2.82. The number of amides is 2. The number of methoxy groups -OCH3 is 1. The van der Waals surface area contributed by atoms with Crippen molar-refractivity contribution in [2.45, 2.75) is 38.5 Å². The first-order valence-electron chi connectivity index (χ1n) is 9.24. The molecule has 5 nitrogen and oxygen atoms in total. The summed E-state index contributed by atoms with van der Waals surface area (Å²) in [6, 6.07) is 15.3. The Kier molecular flexibility index (Phi) is 5.49. The van der Waals surface area contributed by atoms with Gasteiger partial charge >= 0.3 is 0 Å². The van der Waals surface area contributed by atoms with Gasteiger partial charge in [0.15, 0.2) is 0 Å². The minimum Gasteiger partial charge on any atom is -0.497 e. The fourth-order valence-electron chi connectivity index (χ4n) is 3.53. The summed E-state index contributed by atoms with van der Waals surface area (Å²) in [6.45, 7) is 4.74. The number of hydrogen-bond donors (Lipinski definition) is 1. The van der Waals surface area contributed by atoms with E-state index in [-0.39, 0.29) is 17.2 Å². The molecule has 0 aliphatic carbocycles. The Morgan fingerprint density at radius 3 is 2.56 bits per heavy atom. The Labute approximate surface area is 160 Å². The first kappa shape index (κ1) is 19.0. The lowest BCUT2D eigenvalue weighted by atomic mass is 9.77. The number of anilines is 2. The molecule has 0 unspecified atom stereocenters. The summed E-state index contributed by atoms with van der Waals surface area (Å²) in [4.78, 5) is 26.6. The van der Waals surface area contributed by atoms with Gasteiger partial charge in [0.1, 0.15) is 5.75 Å². The van der Waals surface area contributed by atoms with Gasteiger partial charge in [-0.1, -0.05) is 32.0 Å². The second-order valence-corrected chi connectivity index (χ2v) is 7.50. The van der Waals surface area contributed by atoms with Gasteiger partial charge in [0, 0.05) is 36.2 Å². The van der Waals surface area contributed by atoms with Crippen LogP contribution in [-0.4, -0.2) is 25.5 Å². The van der Waals surface area contributed by atoms with Crippen molar-refractivity contribution in [2.75, 3.05) is 23.9 Å². The predicted molar refractivity (Wildman–Crippen MR) is 107 cm³/mol. The average molecular weight is 366 g/mol. The van der Waals surface area contributed by atoms with Crippen LogP contribution in [0, 0.1) is 0 Å². The summed E-state index contributed by atoms with van der Waals surface area (Å²) >= 11 is 0. The van der Waals surface area contributed by atoms with Crippen LogP contribution in [0.15, 0.2) is 48.5 Å². The average Bonchev–Trinajstić information content (AvgIpc) is 2.64. The van der Waals surface area contributed by atoms with Crippen LogP contribution in [0.3, 0.4) is 0 Å². The molecule has 2 aromatic carbocycles. The zero-order chi connectivity index (χ0) is 19.4. The molecule has 1 aliphatic heterocycles. The van der Waals surface area contributed by atoms with Crippen molar-refractivity contribution in [1.82, 2.24) is 0 Å².